The molecule has 0 spiro atoms. The lowest BCUT2D eigenvalue weighted by Gasteiger charge is -2.17. The van der Waals surface area contributed by atoms with E-state index < -0.39 is 0 Å². The summed E-state index contributed by atoms with van der Waals surface area (Å²) in [6.45, 7) is 6.28. The summed E-state index contributed by atoms with van der Waals surface area (Å²) in [6.07, 6.45) is 5.14. The van der Waals surface area contributed by atoms with E-state index in [4.69, 9.17) is 4.74 Å². The van der Waals surface area contributed by atoms with Gasteiger partial charge in [-0.3, -0.25) is 0 Å². The van der Waals surface area contributed by atoms with Gasteiger partial charge < -0.3 is 4.74 Å². The molecule has 0 aromatic carbocycles. The Morgan fingerprint density at radius 2 is 2.08 bits per heavy atom. The Morgan fingerprint density at radius 1 is 1.42 bits per heavy atom. The number of rotatable bonds is 6. The second-order valence-corrected chi connectivity index (χ2v) is 5.21. The maximum absolute atomic E-state index is 5.49. The van der Waals surface area contributed by atoms with Crippen molar-refractivity contribution in [2.75, 3.05) is 13.2 Å². The first-order valence-electron chi connectivity index (χ1n) is 4.93. The molecular formula is C10H19BrO. The van der Waals surface area contributed by atoms with Crippen LogP contribution in [0, 0.1) is 5.41 Å². The molecule has 0 bridgehead atoms. The SMILES string of the molecule is CCCOCCC1(C(C)Br)CC1. The van der Waals surface area contributed by atoms with E-state index in [0.29, 0.717) is 10.2 Å². The minimum Gasteiger partial charge on any atom is -0.381 e. The summed E-state index contributed by atoms with van der Waals surface area (Å²) in [7, 11) is 0. The van der Waals surface area contributed by atoms with E-state index in [0.717, 1.165) is 19.6 Å². The van der Waals surface area contributed by atoms with Gasteiger partial charge in [0.25, 0.3) is 0 Å². The van der Waals surface area contributed by atoms with Gasteiger partial charge in [0.05, 0.1) is 0 Å². The zero-order valence-corrected chi connectivity index (χ0v) is 9.69. The van der Waals surface area contributed by atoms with Crippen LogP contribution in [0.1, 0.15) is 39.5 Å². The summed E-state index contributed by atoms with van der Waals surface area (Å²) < 4.78 is 5.49. The average molecular weight is 235 g/mol. The molecule has 1 aliphatic rings. The zero-order valence-electron chi connectivity index (χ0n) is 8.11. The Hall–Kier alpha value is 0.440. The summed E-state index contributed by atoms with van der Waals surface area (Å²) >= 11 is 3.67. The molecule has 12 heavy (non-hydrogen) atoms. The molecule has 2 heteroatoms. The van der Waals surface area contributed by atoms with E-state index in [1.807, 2.05) is 0 Å². The number of ether oxygens (including phenoxy) is 1. The molecule has 0 N–H and O–H groups in total. The van der Waals surface area contributed by atoms with Crippen LogP contribution in [0.15, 0.2) is 0 Å². The molecule has 0 radical (unpaired) electrons. The van der Waals surface area contributed by atoms with Crippen LogP contribution in [0.2, 0.25) is 0 Å². The van der Waals surface area contributed by atoms with Gasteiger partial charge >= 0.3 is 0 Å². The molecule has 1 saturated carbocycles. The minimum atomic E-state index is 0.591. The fourth-order valence-corrected chi connectivity index (χ4v) is 2.22. The molecule has 0 saturated heterocycles. The van der Waals surface area contributed by atoms with Crippen LogP contribution in [0.25, 0.3) is 0 Å². The molecule has 1 nitrogen and oxygen atoms in total. The van der Waals surface area contributed by atoms with Crippen LogP contribution in [-0.4, -0.2) is 18.0 Å². The summed E-state index contributed by atoms with van der Waals surface area (Å²) in [5.74, 6) is 0. The Bertz CT molecular complexity index is 130. The van der Waals surface area contributed by atoms with Gasteiger partial charge in [-0.25, -0.2) is 0 Å². The first-order valence-corrected chi connectivity index (χ1v) is 5.85. The van der Waals surface area contributed by atoms with E-state index in [-0.39, 0.29) is 0 Å². The maximum Gasteiger partial charge on any atom is 0.0471 e. The normalized spacial score (nSPS) is 22.2. The molecule has 1 atom stereocenters. The smallest absolute Gasteiger partial charge is 0.0471 e. The van der Waals surface area contributed by atoms with E-state index in [1.54, 1.807) is 0 Å². The van der Waals surface area contributed by atoms with Gasteiger partial charge in [-0.05, 0) is 31.1 Å². The van der Waals surface area contributed by atoms with Crippen LogP contribution in [0.3, 0.4) is 0 Å². The van der Waals surface area contributed by atoms with Crippen molar-refractivity contribution in [2.45, 2.75) is 44.4 Å². The quantitative estimate of drug-likeness (QED) is 0.506. The standard InChI is InChI=1S/C10H19BrO/c1-3-7-12-8-6-10(4-5-10)9(2)11/h9H,3-8H2,1-2H3. The molecule has 1 aliphatic carbocycles. The van der Waals surface area contributed by atoms with Gasteiger partial charge in [0.15, 0.2) is 0 Å². The lowest BCUT2D eigenvalue weighted by molar-refractivity contribution is 0.117. The largest absolute Gasteiger partial charge is 0.381 e. The van der Waals surface area contributed by atoms with Crippen LogP contribution >= 0.6 is 15.9 Å². The third-order valence-corrected chi connectivity index (χ3v) is 3.80. The lowest BCUT2D eigenvalue weighted by Crippen LogP contribution is -2.14. The van der Waals surface area contributed by atoms with E-state index in [2.05, 4.69) is 29.8 Å². The Labute approximate surface area is 84.0 Å². The van der Waals surface area contributed by atoms with Crippen molar-refractivity contribution < 1.29 is 4.74 Å². The Kier molecular flexibility index (Phi) is 4.04. The van der Waals surface area contributed by atoms with Crippen LogP contribution in [-0.2, 0) is 4.74 Å². The van der Waals surface area contributed by atoms with Gasteiger partial charge in [-0.1, -0.05) is 29.8 Å². The first kappa shape index (κ1) is 10.5. The highest BCUT2D eigenvalue weighted by Gasteiger charge is 2.45. The first-order chi connectivity index (χ1) is 5.71. The second-order valence-electron chi connectivity index (χ2n) is 3.84. The van der Waals surface area contributed by atoms with Gasteiger partial charge in [0, 0.05) is 18.0 Å². The van der Waals surface area contributed by atoms with Crippen molar-refractivity contribution in [1.29, 1.82) is 0 Å². The number of hydrogen-bond donors (Lipinski definition) is 0. The highest BCUT2D eigenvalue weighted by molar-refractivity contribution is 9.09. The van der Waals surface area contributed by atoms with Crippen LogP contribution < -0.4 is 0 Å². The fraction of sp³-hybridized carbons (Fsp3) is 1.00. The minimum absolute atomic E-state index is 0.591. The number of halogens is 1. The summed E-state index contributed by atoms with van der Waals surface area (Å²) in [4.78, 5) is 0.662. The van der Waals surface area contributed by atoms with E-state index in [1.165, 1.54) is 19.3 Å². The van der Waals surface area contributed by atoms with Crippen molar-refractivity contribution >= 4 is 15.9 Å². The number of hydrogen-bond acceptors (Lipinski definition) is 1. The third kappa shape index (κ3) is 2.74. The molecule has 0 heterocycles. The van der Waals surface area contributed by atoms with E-state index in [9.17, 15) is 0 Å². The van der Waals surface area contributed by atoms with Crippen molar-refractivity contribution in [1.82, 2.24) is 0 Å². The van der Waals surface area contributed by atoms with Crippen molar-refractivity contribution in [3.8, 4) is 0 Å². The number of alkyl halides is 1. The maximum atomic E-state index is 5.49. The van der Waals surface area contributed by atoms with Crippen molar-refractivity contribution in [3.63, 3.8) is 0 Å². The second kappa shape index (κ2) is 4.61. The molecule has 1 rings (SSSR count). The molecule has 0 amide bonds. The summed E-state index contributed by atoms with van der Waals surface area (Å²) in [6, 6.07) is 0. The molecule has 0 aliphatic heterocycles. The fourth-order valence-electron chi connectivity index (χ4n) is 1.53. The highest BCUT2D eigenvalue weighted by Crippen LogP contribution is 2.54. The lowest BCUT2D eigenvalue weighted by atomic mass is 10.00. The summed E-state index contributed by atoms with van der Waals surface area (Å²) in [5.41, 5.74) is 0.591. The molecule has 0 aromatic rings. The molecule has 1 unspecified atom stereocenters. The topological polar surface area (TPSA) is 9.23 Å². The van der Waals surface area contributed by atoms with Crippen LogP contribution in [0.5, 0.6) is 0 Å². The van der Waals surface area contributed by atoms with Gasteiger partial charge in [-0.2, -0.15) is 0 Å². The monoisotopic (exact) mass is 234 g/mol. The highest BCUT2D eigenvalue weighted by atomic mass is 79.9. The Balaban J connectivity index is 2.06. The van der Waals surface area contributed by atoms with Crippen molar-refractivity contribution in [3.05, 3.63) is 0 Å². The molecule has 72 valence electrons. The summed E-state index contributed by atoms with van der Waals surface area (Å²) in [5, 5.41) is 0. The van der Waals surface area contributed by atoms with E-state index >= 15 is 0 Å². The van der Waals surface area contributed by atoms with Crippen LogP contribution in [0.4, 0.5) is 0 Å². The molecular weight excluding hydrogens is 216 g/mol. The zero-order chi connectivity index (χ0) is 9.03. The Morgan fingerprint density at radius 3 is 2.50 bits per heavy atom. The predicted molar refractivity (Wildman–Crippen MR) is 55.8 cm³/mol. The van der Waals surface area contributed by atoms with Gasteiger partial charge in [0.1, 0.15) is 0 Å². The van der Waals surface area contributed by atoms with Gasteiger partial charge in [-0.15, -0.1) is 0 Å². The average Bonchev–Trinajstić information content (AvgIpc) is 2.79. The third-order valence-electron chi connectivity index (χ3n) is 2.83. The van der Waals surface area contributed by atoms with Crippen molar-refractivity contribution in [2.24, 2.45) is 5.41 Å². The predicted octanol–water partition coefficient (Wildman–Crippen LogP) is 3.37. The van der Waals surface area contributed by atoms with Gasteiger partial charge in [0.2, 0.25) is 0 Å². The molecule has 0 aromatic heterocycles. The molecule has 1 fully saturated rings.